The van der Waals surface area contributed by atoms with E-state index in [2.05, 4.69) is 13.8 Å². The minimum Gasteiger partial charge on any atom is -0.481 e. The van der Waals surface area contributed by atoms with Crippen LogP contribution in [0.25, 0.3) is 0 Å². The molecule has 52 heavy (non-hydrogen) atoms. The van der Waals surface area contributed by atoms with Gasteiger partial charge in [0.25, 0.3) is 0 Å². The molecule has 0 radical (unpaired) electrons. The lowest BCUT2D eigenvalue weighted by atomic mass is 10.0. The van der Waals surface area contributed by atoms with Crippen LogP contribution in [-0.4, -0.2) is 23.1 Å². The van der Waals surface area contributed by atoms with E-state index in [0.29, 0.717) is 19.3 Å². The van der Waals surface area contributed by atoms with Crippen LogP contribution in [0.4, 0.5) is 0 Å². The molecule has 0 bridgehead atoms. The zero-order chi connectivity index (χ0) is 37.8. The fourth-order valence-electron chi connectivity index (χ4n) is 7.79. The summed E-state index contributed by atoms with van der Waals surface area (Å²) in [6.07, 6.45) is 54.4. The molecule has 0 amide bonds. The van der Waals surface area contributed by atoms with Crippen molar-refractivity contribution in [2.75, 3.05) is 0 Å². The zero-order valence-electron chi connectivity index (χ0n) is 35.7. The van der Waals surface area contributed by atoms with E-state index in [4.69, 9.17) is 9.84 Å². The van der Waals surface area contributed by atoms with Crippen LogP contribution >= 0.6 is 0 Å². The molecule has 0 fully saturated rings. The number of carboxylic acid groups (broad SMARTS) is 1. The predicted octanol–water partition coefficient (Wildman–Crippen LogP) is 16.8. The van der Waals surface area contributed by atoms with Crippen molar-refractivity contribution in [3.8, 4) is 0 Å². The third-order valence-electron chi connectivity index (χ3n) is 11.3. The van der Waals surface area contributed by atoms with E-state index in [1.165, 1.54) is 225 Å². The van der Waals surface area contributed by atoms with Crippen molar-refractivity contribution in [1.82, 2.24) is 0 Å². The van der Waals surface area contributed by atoms with Crippen LogP contribution in [0.3, 0.4) is 0 Å². The van der Waals surface area contributed by atoms with Gasteiger partial charge in [0, 0.05) is 12.8 Å². The van der Waals surface area contributed by atoms with Crippen LogP contribution in [0.15, 0.2) is 0 Å². The Balaban J connectivity index is 3.66. The lowest BCUT2D eigenvalue weighted by Crippen LogP contribution is -2.18. The number of hydrogen-bond acceptors (Lipinski definition) is 3. The van der Waals surface area contributed by atoms with Crippen molar-refractivity contribution in [3.63, 3.8) is 0 Å². The number of rotatable bonds is 45. The number of carbonyl (C=O) groups excluding carboxylic acids is 1. The number of unbranched alkanes of at least 4 members (excludes halogenated alkanes) is 36. The van der Waals surface area contributed by atoms with Crippen molar-refractivity contribution in [3.05, 3.63) is 0 Å². The molecule has 4 heteroatoms. The van der Waals surface area contributed by atoms with Crippen molar-refractivity contribution in [1.29, 1.82) is 0 Å². The van der Waals surface area contributed by atoms with Gasteiger partial charge in [0.2, 0.25) is 0 Å². The molecule has 1 atom stereocenters. The highest BCUT2D eigenvalue weighted by molar-refractivity contribution is 5.69. The lowest BCUT2D eigenvalue weighted by molar-refractivity contribution is -0.150. The standard InChI is InChI=1S/C48H94O4/c1-3-5-7-9-11-13-15-17-19-21-22-23-24-26-28-30-32-34-36-38-40-45-48(51)52-46(43-41-44-47(49)50)42-39-37-35-33-31-29-27-25-20-18-16-14-12-10-8-6-4-2/h46H,3-45H2,1-2H3,(H,49,50). The molecule has 0 aromatic heterocycles. The molecular formula is C48H94O4. The summed E-state index contributed by atoms with van der Waals surface area (Å²) in [5, 5.41) is 9.07. The summed E-state index contributed by atoms with van der Waals surface area (Å²) in [6, 6.07) is 0. The van der Waals surface area contributed by atoms with E-state index in [0.717, 1.165) is 25.7 Å². The minimum absolute atomic E-state index is 0.0786. The van der Waals surface area contributed by atoms with Gasteiger partial charge in [0.15, 0.2) is 0 Å². The lowest BCUT2D eigenvalue weighted by Gasteiger charge is -2.18. The monoisotopic (exact) mass is 735 g/mol. The average molecular weight is 735 g/mol. The van der Waals surface area contributed by atoms with E-state index in [1.54, 1.807) is 0 Å². The Kier molecular flexibility index (Phi) is 43.4. The van der Waals surface area contributed by atoms with Crippen LogP contribution in [0, 0.1) is 0 Å². The van der Waals surface area contributed by atoms with E-state index in [-0.39, 0.29) is 18.5 Å². The van der Waals surface area contributed by atoms with Crippen molar-refractivity contribution < 1.29 is 19.4 Å². The van der Waals surface area contributed by atoms with Gasteiger partial charge in [-0.25, -0.2) is 0 Å². The quantitative estimate of drug-likeness (QED) is 0.0500. The summed E-state index contributed by atoms with van der Waals surface area (Å²) in [5.74, 6) is -0.840. The molecular weight excluding hydrogens is 641 g/mol. The van der Waals surface area contributed by atoms with Gasteiger partial charge >= 0.3 is 11.9 Å². The maximum Gasteiger partial charge on any atom is 0.306 e. The molecule has 4 nitrogen and oxygen atoms in total. The van der Waals surface area contributed by atoms with Crippen molar-refractivity contribution >= 4 is 11.9 Å². The highest BCUT2D eigenvalue weighted by atomic mass is 16.5. The maximum atomic E-state index is 12.6. The largest absolute Gasteiger partial charge is 0.481 e. The molecule has 0 rings (SSSR count). The van der Waals surface area contributed by atoms with Crippen LogP contribution in [0.2, 0.25) is 0 Å². The highest BCUT2D eigenvalue weighted by Gasteiger charge is 2.15. The van der Waals surface area contributed by atoms with Gasteiger partial charge in [-0.15, -0.1) is 0 Å². The molecule has 1 unspecified atom stereocenters. The van der Waals surface area contributed by atoms with Crippen LogP contribution in [0.5, 0.6) is 0 Å². The number of hydrogen-bond donors (Lipinski definition) is 1. The molecule has 0 aliphatic carbocycles. The van der Waals surface area contributed by atoms with Gasteiger partial charge in [-0.1, -0.05) is 245 Å². The first-order valence-corrected chi connectivity index (χ1v) is 24.0. The first-order chi connectivity index (χ1) is 25.6. The average Bonchev–Trinajstić information content (AvgIpc) is 3.13. The predicted molar refractivity (Wildman–Crippen MR) is 227 cm³/mol. The Labute approximate surface area is 326 Å². The summed E-state index contributed by atoms with van der Waals surface area (Å²) in [7, 11) is 0. The maximum absolute atomic E-state index is 12.6. The SMILES string of the molecule is CCCCCCCCCCCCCCCCCCCCCCCC(=O)OC(CCCCCCCCCCCCCCCCCCC)CCCC(=O)O. The Bertz CT molecular complexity index is 706. The summed E-state index contributed by atoms with van der Waals surface area (Å²) in [6.45, 7) is 4.58. The van der Waals surface area contributed by atoms with Crippen LogP contribution in [0.1, 0.15) is 290 Å². The molecule has 0 aliphatic heterocycles. The molecule has 310 valence electrons. The van der Waals surface area contributed by atoms with Crippen LogP contribution < -0.4 is 0 Å². The number of carboxylic acids is 1. The van der Waals surface area contributed by atoms with E-state index in [9.17, 15) is 9.59 Å². The van der Waals surface area contributed by atoms with Gasteiger partial charge in [-0.05, 0) is 32.1 Å². The summed E-state index contributed by atoms with van der Waals surface area (Å²) in [5.41, 5.74) is 0. The summed E-state index contributed by atoms with van der Waals surface area (Å²) >= 11 is 0. The molecule has 0 saturated carbocycles. The van der Waals surface area contributed by atoms with Crippen LogP contribution in [-0.2, 0) is 14.3 Å². The molecule has 0 aromatic carbocycles. The second-order valence-electron chi connectivity index (χ2n) is 16.7. The van der Waals surface area contributed by atoms with Gasteiger partial charge < -0.3 is 9.84 Å². The topological polar surface area (TPSA) is 63.6 Å². The zero-order valence-corrected chi connectivity index (χ0v) is 35.7. The fourth-order valence-corrected chi connectivity index (χ4v) is 7.79. The summed E-state index contributed by atoms with van der Waals surface area (Å²) < 4.78 is 5.87. The first-order valence-electron chi connectivity index (χ1n) is 24.0. The highest BCUT2D eigenvalue weighted by Crippen LogP contribution is 2.19. The molecule has 0 aliphatic rings. The Morgan fingerprint density at radius 2 is 0.596 bits per heavy atom. The number of aliphatic carboxylic acids is 1. The van der Waals surface area contributed by atoms with E-state index < -0.39 is 5.97 Å². The Hall–Kier alpha value is -1.06. The molecule has 0 spiro atoms. The van der Waals surface area contributed by atoms with Gasteiger partial charge in [-0.2, -0.15) is 0 Å². The second-order valence-corrected chi connectivity index (χ2v) is 16.7. The first kappa shape index (κ1) is 50.9. The third-order valence-corrected chi connectivity index (χ3v) is 11.3. The van der Waals surface area contributed by atoms with E-state index in [1.807, 2.05) is 0 Å². The van der Waals surface area contributed by atoms with Crippen molar-refractivity contribution in [2.45, 2.75) is 296 Å². The summed E-state index contributed by atoms with van der Waals surface area (Å²) in [4.78, 5) is 23.6. The molecule has 0 saturated heterocycles. The Morgan fingerprint density at radius 3 is 0.885 bits per heavy atom. The Morgan fingerprint density at radius 1 is 0.346 bits per heavy atom. The molecule has 0 heterocycles. The minimum atomic E-state index is -0.762. The van der Waals surface area contributed by atoms with Gasteiger partial charge in [0.1, 0.15) is 6.10 Å². The van der Waals surface area contributed by atoms with E-state index >= 15 is 0 Å². The van der Waals surface area contributed by atoms with Gasteiger partial charge in [0.05, 0.1) is 0 Å². The fraction of sp³-hybridized carbons (Fsp3) is 0.958. The number of esters is 1. The molecule has 0 aromatic rings. The second kappa shape index (κ2) is 44.3. The number of carbonyl (C=O) groups is 2. The molecule has 1 N–H and O–H groups in total. The van der Waals surface area contributed by atoms with Gasteiger partial charge in [-0.3, -0.25) is 9.59 Å². The normalized spacial score (nSPS) is 12.0. The van der Waals surface area contributed by atoms with Crippen molar-refractivity contribution in [2.24, 2.45) is 0 Å². The number of ether oxygens (including phenoxy) is 1. The third kappa shape index (κ3) is 43.3. The smallest absolute Gasteiger partial charge is 0.306 e.